The number of carboxylic acid groups (broad SMARTS) is 1. The first kappa shape index (κ1) is 26.7. The highest BCUT2D eigenvalue weighted by molar-refractivity contribution is 5.98. The Morgan fingerprint density at radius 2 is 1.88 bits per heavy atom. The summed E-state index contributed by atoms with van der Waals surface area (Å²) >= 11 is 0. The molecular weight excluding hydrogens is 473 g/mol. The van der Waals surface area contributed by atoms with Crippen LogP contribution in [0.5, 0.6) is 0 Å². The number of hydrogen-bond donors (Lipinski definition) is 3. The van der Waals surface area contributed by atoms with Crippen LogP contribution in [-0.4, -0.2) is 70.6 Å². The molecule has 14 heteroatoms. The molecule has 2 rings (SSSR count). The zero-order chi connectivity index (χ0) is 25.8. The third-order valence-corrected chi connectivity index (χ3v) is 4.91. The van der Waals surface area contributed by atoms with Gasteiger partial charge in [-0.05, 0) is 25.1 Å². The molecule has 3 N–H and O–H groups in total. The molecule has 0 radical (unpaired) electrons. The smallest absolute Gasteiger partial charge is 0.416 e. The van der Waals surface area contributed by atoms with Crippen molar-refractivity contribution in [1.29, 1.82) is 0 Å². The second-order valence-electron chi connectivity index (χ2n) is 7.66. The molecule has 1 aromatic carbocycles. The normalized spacial score (nSPS) is 19.1. The summed E-state index contributed by atoms with van der Waals surface area (Å²) in [5, 5.41) is 12.8. The molecule has 0 aromatic heterocycles. The number of carbonyl (C=O) groups excluding carboxylic acids is 4. The van der Waals surface area contributed by atoms with Gasteiger partial charge in [-0.25, -0.2) is 8.78 Å². The molecule has 1 fully saturated rings. The van der Waals surface area contributed by atoms with E-state index in [1.54, 1.807) is 0 Å². The summed E-state index contributed by atoms with van der Waals surface area (Å²) in [7, 11) is 0. The van der Waals surface area contributed by atoms with Crippen LogP contribution >= 0.6 is 0 Å². The first-order chi connectivity index (χ1) is 15.6. The predicted molar refractivity (Wildman–Crippen MR) is 104 cm³/mol. The highest BCUT2D eigenvalue weighted by Gasteiger charge is 2.51. The lowest BCUT2D eigenvalue weighted by Gasteiger charge is -2.27. The second kappa shape index (κ2) is 10.1. The quantitative estimate of drug-likeness (QED) is 0.369. The number of nitrogens with one attached hydrogen (secondary N) is 2. The van der Waals surface area contributed by atoms with E-state index in [9.17, 15) is 45.9 Å². The number of amides is 3. The van der Waals surface area contributed by atoms with Gasteiger partial charge in [-0.15, -0.1) is 0 Å². The minimum Gasteiger partial charge on any atom is -0.481 e. The first-order valence-electron chi connectivity index (χ1n) is 9.78. The van der Waals surface area contributed by atoms with Crippen molar-refractivity contribution < 1.29 is 51.0 Å². The minimum atomic E-state index is -4.72. The molecule has 1 heterocycles. The lowest BCUT2D eigenvalue weighted by Crippen LogP contribution is -2.54. The van der Waals surface area contributed by atoms with Crippen molar-refractivity contribution >= 4 is 30.0 Å². The van der Waals surface area contributed by atoms with Crippen LogP contribution in [0.25, 0.3) is 0 Å². The van der Waals surface area contributed by atoms with Crippen LogP contribution in [0, 0.1) is 0 Å². The maximum atomic E-state index is 14.0. The summed E-state index contributed by atoms with van der Waals surface area (Å²) < 4.78 is 66.6. The highest BCUT2D eigenvalue weighted by Crippen LogP contribution is 2.33. The van der Waals surface area contributed by atoms with E-state index in [4.69, 9.17) is 5.11 Å². The van der Waals surface area contributed by atoms with Crippen LogP contribution in [0.2, 0.25) is 0 Å². The fourth-order valence-corrected chi connectivity index (χ4v) is 3.31. The number of benzene rings is 1. The van der Waals surface area contributed by atoms with Gasteiger partial charge < -0.3 is 25.4 Å². The van der Waals surface area contributed by atoms with Crippen LogP contribution in [0.15, 0.2) is 24.3 Å². The number of alkyl halides is 5. The van der Waals surface area contributed by atoms with Gasteiger partial charge in [-0.3, -0.25) is 19.2 Å². The van der Waals surface area contributed by atoms with Gasteiger partial charge in [0.2, 0.25) is 11.8 Å². The van der Waals surface area contributed by atoms with Crippen molar-refractivity contribution in [2.45, 2.75) is 50.0 Å². The van der Waals surface area contributed by atoms with E-state index < -0.39 is 84.4 Å². The van der Waals surface area contributed by atoms with E-state index in [1.165, 1.54) is 0 Å². The number of rotatable bonds is 8. The van der Waals surface area contributed by atoms with Gasteiger partial charge in [-0.2, -0.15) is 13.2 Å². The molecule has 3 unspecified atom stereocenters. The number of carbonyl (C=O) groups is 5. The monoisotopic (exact) mass is 493 g/mol. The predicted octanol–water partition coefficient (Wildman–Crippen LogP) is 1.22. The summed E-state index contributed by atoms with van der Waals surface area (Å²) in [5.41, 5.74) is -1.54. The molecule has 1 aliphatic heterocycles. The minimum absolute atomic E-state index is 0.100. The van der Waals surface area contributed by atoms with Crippen LogP contribution < -0.4 is 10.6 Å². The zero-order valence-corrected chi connectivity index (χ0v) is 17.6. The fraction of sp³-hybridized carbons (Fsp3) is 0.450. The maximum Gasteiger partial charge on any atom is 0.416 e. The highest BCUT2D eigenvalue weighted by atomic mass is 19.4. The molecule has 3 amide bonds. The molecule has 1 aliphatic rings. The Bertz CT molecular complexity index is 984. The summed E-state index contributed by atoms with van der Waals surface area (Å²) in [6.07, 6.45) is -6.55. The lowest BCUT2D eigenvalue weighted by atomic mass is 10.1. The van der Waals surface area contributed by atoms with Gasteiger partial charge in [0.15, 0.2) is 0 Å². The zero-order valence-electron chi connectivity index (χ0n) is 17.6. The average molecular weight is 493 g/mol. The Balaban J connectivity index is 2.15. The van der Waals surface area contributed by atoms with Crippen LogP contribution in [0.4, 0.5) is 22.0 Å². The molecule has 0 saturated carbocycles. The Morgan fingerprint density at radius 3 is 2.44 bits per heavy atom. The fourth-order valence-electron chi connectivity index (χ4n) is 3.31. The number of nitrogens with zero attached hydrogens (tertiary/aromatic N) is 1. The lowest BCUT2D eigenvalue weighted by molar-refractivity contribution is -0.142. The Kier molecular flexibility index (Phi) is 7.95. The van der Waals surface area contributed by atoms with Crippen molar-refractivity contribution in [2.75, 3.05) is 6.54 Å². The number of carboxylic acids is 1. The third-order valence-electron chi connectivity index (χ3n) is 4.91. The summed E-state index contributed by atoms with van der Waals surface area (Å²) in [6.45, 7) is -0.101. The van der Waals surface area contributed by atoms with Crippen molar-refractivity contribution in [1.82, 2.24) is 15.5 Å². The third kappa shape index (κ3) is 6.71. The maximum absolute atomic E-state index is 14.0. The number of aliphatic carboxylic acids is 1. The van der Waals surface area contributed by atoms with Crippen molar-refractivity contribution in [3.05, 3.63) is 35.4 Å². The first-order valence-corrected chi connectivity index (χ1v) is 9.78. The van der Waals surface area contributed by atoms with Crippen LogP contribution in [0.3, 0.4) is 0 Å². The molecule has 1 aromatic rings. The van der Waals surface area contributed by atoms with E-state index in [0.717, 1.165) is 25.1 Å². The van der Waals surface area contributed by atoms with E-state index in [2.05, 4.69) is 5.32 Å². The van der Waals surface area contributed by atoms with E-state index >= 15 is 0 Å². The molecule has 3 atom stereocenters. The number of halogens is 5. The summed E-state index contributed by atoms with van der Waals surface area (Å²) in [5.74, 6) is -8.33. The van der Waals surface area contributed by atoms with Gasteiger partial charge in [0.1, 0.15) is 18.4 Å². The van der Waals surface area contributed by atoms with Gasteiger partial charge >= 0.3 is 12.1 Å². The van der Waals surface area contributed by atoms with Crippen LogP contribution in [0.1, 0.15) is 35.7 Å². The molecule has 34 heavy (non-hydrogen) atoms. The van der Waals surface area contributed by atoms with Crippen molar-refractivity contribution in [3.63, 3.8) is 0 Å². The molecule has 0 spiro atoms. The van der Waals surface area contributed by atoms with Crippen molar-refractivity contribution in [2.24, 2.45) is 0 Å². The SMILES string of the molecule is CC(NC(=O)c1cccc(C(F)(F)F)c1)C(=O)N1CC(F)(F)CC1C(=O)NC(C=O)CC(=O)O. The second-order valence-corrected chi connectivity index (χ2v) is 7.66. The molecule has 1 saturated heterocycles. The summed E-state index contributed by atoms with van der Waals surface area (Å²) in [4.78, 5) is 59.6. The molecule has 0 aliphatic carbocycles. The summed E-state index contributed by atoms with van der Waals surface area (Å²) in [6, 6.07) is -1.48. The molecular formula is C20H20F5N3O6. The molecule has 186 valence electrons. The average Bonchev–Trinajstić information content (AvgIpc) is 3.07. The number of aldehydes is 1. The standard InChI is InChI=1S/C20H20F5N3O6/c1-10(26-16(32)11-3-2-4-12(5-11)20(23,24)25)18(34)28-9-19(21,22)7-14(28)17(33)27-13(8-29)6-15(30)31/h2-5,8,10,13-14H,6-7,9H2,1H3,(H,26,32)(H,27,33)(H,30,31). The molecule has 9 nitrogen and oxygen atoms in total. The van der Waals surface area contributed by atoms with Crippen LogP contribution in [-0.2, 0) is 25.4 Å². The van der Waals surface area contributed by atoms with Gasteiger partial charge in [-0.1, -0.05) is 6.07 Å². The van der Waals surface area contributed by atoms with E-state index in [0.29, 0.717) is 11.0 Å². The largest absolute Gasteiger partial charge is 0.481 e. The van der Waals surface area contributed by atoms with Gasteiger partial charge in [0, 0.05) is 12.0 Å². The van der Waals surface area contributed by atoms with Crippen molar-refractivity contribution in [3.8, 4) is 0 Å². The van der Waals surface area contributed by atoms with E-state index in [-0.39, 0.29) is 6.29 Å². The van der Waals surface area contributed by atoms with E-state index in [1.807, 2.05) is 5.32 Å². The molecule has 0 bridgehead atoms. The number of likely N-dealkylation sites (tertiary alicyclic amines) is 1. The number of hydrogen-bond acceptors (Lipinski definition) is 5. The Hall–Kier alpha value is -3.58. The Labute approximate surface area is 189 Å². The Morgan fingerprint density at radius 1 is 1.24 bits per heavy atom. The van der Waals surface area contributed by atoms with Gasteiger partial charge in [0.05, 0.1) is 24.6 Å². The van der Waals surface area contributed by atoms with Gasteiger partial charge in [0.25, 0.3) is 11.8 Å². The topological polar surface area (TPSA) is 133 Å².